The largest absolute Gasteiger partial charge is 0.377 e. The maximum absolute atomic E-state index is 13.0. The lowest BCUT2D eigenvalue weighted by molar-refractivity contribution is 0.0616. The second-order valence-corrected chi connectivity index (χ2v) is 13.6. The zero-order chi connectivity index (χ0) is 36.1. The molecule has 0 amide bonds. The Morgan fingerprint density at radius 2 is 0.660 bits per heavy atom. The predicted octanol–water partition coefficient (Wildman–Crippen LogP) is 9.80. The maximum Gasteiger partial charge on any atom is 0.151 e. The van der Waals surface area contributed by atoms with Crippen molar-refractivity contribution in [3.63, 3.8) is 0 Å². The van der Waals surface area contributed by atoms with Crippen molar-refractivity contribution in [3.8, 4) is 0 Å². The van der Waals surface area contributed by atoms with Crippen LogP contribution in [-0.2, 0) is 16.7 Å². The predicted molar refractivity (Wildman–Crippen MR) is 212 cm³/mol. The van der Waals surface area contributed by atoms with Gasteiger partial charge in [-0.25, -0.2) is 9.97 Å². The van der Waals surface area contributed by atoms with Gasteiger partial charge in [0.05, 0.1) is 24.0 Å². The fourth-order valence-electron chi connectivity index (χ4n) is 8.16. The number of imidazole rings is 2. The van der Waals surface area contributed by atoms with E-state index in [1.165, 1.54) is 0 Å². The highest BCUT2D eigenvalue weighted by Gasteiger charge is 2.44. The number of aliphatic hydroxyl groups is 1. The summed E-state index contributed by atoms with van der Waals surface area (Å²) in [5.74, 6) is 0. The molecule has 5 heteroatoms. The second kappa shape index (κ2) is 14.4. The van der Waals surface area contributed by atoms with Crippen molar-refractivity contribution in [2.75, 3.05) is 0 Å². The van der Waals surface area contributed by atoms with E-state index in [9.17, 15) is 5.11 Å². The molecule has 0 fully saturated rings. The average molecular weight is 691 g/mol. The minimum absolute atomic E-state index is 0.436. The lowest BCUT2D eigenvalue weighted by Gasteiger charge is -2.37. The summed E-state index contributed by atoms with van der Waals surface area (Å²) < 4.78 is 4.31. The summed E-state index contributed by atoms with van der Waals surface area (Å²) in [6.07, 6.45) is 8.91. The molecular formula is C48H42N4O. The number of aromatic nitrogens is 4. The molecule has 0 aliphatic heterocycles. The summed E-state index contributed by atoms with van der Waals surface area (Å²) in [6.45, 7) is 2.09. The van der Waals surface area contributed by atoms with Gasteiger partial charge >= 0.3 is 0 Å². The van der Waals surface area contributed by atoms with Gasteiger partial charge in [0.15, 0.2) is 5.60 Å². The third kappa shape index (κ3) is 5.70. The first kappa shape index (κ1) is 33.8. The van der Waals surface area contributed by atoms with Crippen molar-refractivity contribution in [1.82, 2.24) is 19.1 Å². The van der Waals surface area contributed by atoms with Gasteiger partial charge in [0, 0.05) is 12.4 Å². The number of benzene rings is 6. The summed E-state index contributed by atoms with van der Waals surface area (Å²) in [5.41, 5.74) is 4.61. The van der Waals surface area contributed by atoms with Crippen LogP contribution in [0.25, 0.3) is 0 Å². The van der Waals surface area contributed by atoms with Gasteiger partial charge in [0.25, 0.3) is 0 Å². The van der Waals surface area contributed by atoms with Crippen LogP contribution >= 0.6 is 0 Å². The maximum atomic E-state index is 13.0. The lowest BCUT2D eigenvalue weighted by atomic mass is 9.76. The van der Waals surface area contributed by atoms with Crippen LogP contribution in [0, 0.1) is 0 Å². The van der Waals surface area contributed by atoms with E-state index < -0.39 is 16.7 Å². The number of rotatable bonds is 12. The van der Waals surface area contributed by atoms with Gasteiger partial charge in [-0.2, -0.15) is 0 Å². The zero-order valence-corrected chi connectivity index (χ0v) is 29.8. The van der Waals surface area contributed by atoms with Crippen molar-refractivity contribution < 1.29 is 5.11 Å². The molecule has 0 aliphatic rings. The summed E-state index contributed by atoms with van der Waals surface area (Å²) >= 11 is 0. The van der Waals surface area contributed by atoms with Gasteiger partial charge in [0.1, 0.15) is 11.1 Å². The van der Waals surface area contributed by atoms with E-state index in [0.717, 1.165) is 39.8 Å². The van der Waals surface area contributed by atoms with Crippen LogP contribution in [0.4, 0.5) is 0 Å². The average Bonchev–Trinajstić information content (AvgIpc) is 3.94. The fraction of sp³-hybridized carbons (Fsp3) is 0.125. The Hall–Kier alpha value is -6.30. The molecule has 6 aromatic carbocycles. The highest BCUT2D eigenvalue weighted by atomic mass is 16.3. The first-order valence-corrected chi connectivity index (χ1v) is 18.3. The van der Waals surface area contributed by atoms with Crippen molar-refractivity contribution in [2.45, 2.75) is 36.4 Å². The van der Waals surface area contributed by atoms with Crippen LogP contribution in [0.5, 0.6) is 0 Å². The zero-order valence-electron chi connectivity index (χ0n) is 29.8. The topological polar surface area (TPSA) is 55.9 Å². The molecule has 5 nitrogen and oxygen atoms in total. The van der Waals surface area contributed by atoms with Crippen LogP contribution < -0.4 is 0 Å². The van der Waals surface area contributed by atoms with E-state index in [1.807, 2.05) is 61.4 Å². The lowest BCUT2D eigenvalue weighted by Crippen LogP contribution is -2.37. The molecule has 0 saturated heterocycles. The molecule has 8 aromatic rings. The van der Waals surface area contributed by atoms with Crippen LogP contribution in [-0.4, -0.2) is 24.2 Å². The third-order valence-electron chi connectivity index (χ3n) is 10.5. The first-order valence-electron chi connectivity index (χ1n) is 18.3. The Morgan fingerprint density at radius 1 is 0.415 bits per heavy atom. The van der Waals surface area contributed by atoms with E-state index >= 15 is 0 Å². The number of hydrogen-bond acceptors (Lipinski definition) is 3. The first-order chi connectivity index (χ1) is 26.1. The minimum atomic E-state index is -1.48. The summed E-state index contributed by atoms with van der Waals surface area (Å²) in [4.78, 5) is 10.1. The Kier molecular flexibility index (Phi) is 9.17. The molecule has 0 bridgehead atoms. The quantitative estimate of drug-likeness (QED) is 0.130. The smallest absolute Gasteiger partial charge is 0.151 e. The normalized spacial score (nSPS) is 12.1. The van der Waals surface area contributed by atoms with Crippen LogP contribution in [0.15, 0.2) is 207 Å². The molecule has 2 heterocycles. The van der Waals surface area contributed by atoms with Gasteiger partial charge in [-0.1, -0.05) is 195 Å². The molecule has 0 radical (unpaired) electrons. The van der Waals surface area contributed by atoms with E-state index in [-0.39, 0.29) is 0 Å². The molecule has 2 aromatic heterocycles. The minimum Gasteiger partial charge on any atom is -0.377 e. The molecule has 0 atom stereocenters. The van der Waals surface area contributed by atoms with E-state index in [1.54, 1.807) is 0 Å². The molecular weight excluding hydrogens is 649 g/mol. The van der Waals surface area contributed by atoms with Crippen LogP contribution in [0.2, 0.25) is 0 Å². The molecule has 260 valence electrons. The van der Waals surface area contributed by atoms with E-state index in [4.69, 9.17) is 9.97 Å². The van der Waals surface area contributed by atoms with Crippen molar-refractivity contribution in [1.29, 1.82) is 0 Å². The Labute approximate surface area is 311 Å². The molecule has 0 aliphatic carbocycles. The second-order valence-electron chi connectivity index (χ2n) is 13.6. The van der Waals surface area contributed by atoms with Gasteiger partial charge in [0.2, 0.25) is 0 Å². The van der Waals surface area contributed by atoms with Gasteiger partial charge < -0.3 is 14.2 Å². The molecule has 0 unspecified atom stereocenters. The molecule has 0 saturated carbocycles. The summed E-state index contributed by atoms with van der Waals surface area (Å²) in [7, 11) is 0. The van der Waals surface area contributed by atoms with Gasteiger partial charge in [-0.15, -0.1) is 0 Å². The van der Waals surface area contributed by atoms with Crippen molar-refractivity contribution in [2.24, 2.45) is 0 Å². The third-order valence-corrected chi connectivity index (χ3v) is 10.5. The van der Waals surface area contributed by atoms with Crippen molar-refractivity contribution in [3.05, 3.63) is 252 Å². The SMILES string of the molecule is CCCC(O)(c1cn(C(c2ccccc2)(c2ccccc2)c2ccccc2)cn1)c1cn(C(c2ccccc2)(c2ccccc2)c2ccccc2)cn1. The van der Waals surface area contributed by atoms with Crippen LogP contribution in [0.3, 0.4) is 0 Å². The van der Waals surface area contributed by atoms with Gasteiger partial charge in [-0.05, 0) is 39.8 Å². The highest BCUT2D eigenvalue weighted by molar-refractivity contribution is 5.53. The Balaban J connectivity index is 1.33. The monoisotopic (exact) mass is 690 g/mol. The van der Waals surface area contributed by atoms with E-state index in [0.29, 0.717) is 17.8 Å². The highest BCUT2D eigenvalue weighted by Crippen LogP contribution is 2.44. The number of hydrogen-bond donors (Lipinski definition) is 1. The Morgan fingerprint density at radius 3 is 0.887 bits per heavy atom. The molecule has 8 rings (SSSR count). The standard InChI is InChI=1S/C48H42N4O/c1-2-33-46(53,44-34-51(36-49-44)47(38-21-9-3-10-22-38,39-23-11-4-12-24-39)40-25-13-5-14-26-40)45-35-52(37-50-45)48(41-27-15-6-16-28-41,42-29-17-7-18-30-42)43-31-19-8-20-32-43/h3-32,34-37,53H,2,33H2,1H3. The van der Waals surface area contributed by atoms with Gasteiger partial charge in [-0.3, -0.25) is 0 Å². The van der Waals surface area contributed by atoms with E-state index in [2.05, 4.69) is 162 Å². The van der Waals surface area contributed by atoms with Crippen molar-refractivity contribution >= 4 is 0 Å². The summed E-state index contributed by atoms with van der Waals surface area (Å²) in [5, 5.41) is 13.0. The molecule has 0 spiro atoms. The summed E-state index contributed by atoms with van der Waals surface area (Å²) in [6, 6.07) is 63.1. The Bertz CT molecular complexity index is 2000. The van der Waals surface area contributed by atoms with Crippen LogP contribution in [0.1, 0.15) is 64.5 Å². The fourth-order valence-corrected chi connectivity index (χ4v) is 8.16. The number of nitrogens with zero attached hydrogens (tertiary/aromatic N) is 4. The molecule has 53 heavy (non-hydrogen) atoms. The molecule has 1 N–H and O–H groups in total.